The van der Waals surface area contributed by atoms with E-state index in [2.05, 4.69) is 6.07 Å². The molecule has 3 rings (SSSR count). The number of nitrogens with zero attached hydrogens (tertiary/aromatic N) is 2. The number of hydrogen-bond donors (Lipinski definition) is 0. The summed E-state index contributed by atoms with van der Waals surface area (Å²) >= 11 is 0. The molecular formula is C19H20N2O2S. The number of aryl methyl sites for hydroxylation is 1. The van der Waals surface area contributed by atoms with Gasteiger partial charge in [-0.15, -0.1) is 0 Å². The van der Waals surface area contributed by atoms with E-state index in [0.717, 1.165) is 11.1 Å². The highest BCUT2D eigenvalue weighted by molar-refractivity contribution is 7.89. The van der Waals surface area contributed by atoms with Gasteiger partial charge in [0.2, 0.25) is 10.0 Å². The van der Waals surface area contributed by atoms with E-state index >= 15 is 0 Å². The fourth-order valence-corrected chi connectivity index (χ4v) is 4.73. The Labute approximate surface area is 143 Å². The third-order valence-electron chi connectivity index (χ3n) is 4.62. The van der Waals surface area contributed by atoms with Gasteiger partial charge in [-0.1, -0.05) is 48.0 Å². The summed E-state index contributed by atoms with van der Waals surface area (Å²) in [4.78, 5) is 0.321. The summed E-state index contributed by atoms with van der Waals surface area (Å²) in [6.07, 6.45) is 0.707. The molecule has 0 N–H and O–H groups in total. The van der Waals surface area contributed by atoms with Gasteiger partial charge >= 0.3 is 0 Å². The third-order valence-corrected chi connectivity index (χ3v) is 6.49. The minimum absolute atomic E-state index is 0.0256. The van der Waals surface area contributed by atoms with Crippen LogP contribution in [0.15, 0.2) is 59.5 Å². The first-order valence-corrected chi connectivity index (χ1v) is 9.48. The highest BCUT2D eigenvalue weighted by Gasteiger charge is 2.36. The molecule has 0 aliphatic carbocycles. The summed E-state index contributed by atoms with van der Waals surface area (Å²) < 4.78 is 27.1. The first kappa shape index (κ1) is 16.7. The lowest BCUT2D eigenvalue weighted by Crippen LogP contribution is -2.29. The van der Waals surface area contributed by atoms with Crippen molar-refractivity contribution in [2.45, 2.75) is 24.2 Å². The molecular weight excluding hydrogens is 320 g/mol. The van der Waals surface area contributed by atoms with Crippen molar-refractivity contribution in [2.24, 2.45) is 5.92 Å². The van der Waals surface area contributed by atoms with Gasteiger partial charge in [0.05, 0.1) is 16.9 Å². The molecule has 0 amide bonds. The molecule has 1 saturated heterocycles. The van der Waals surface area contributed by atoms with Gasteiger partial charge in [0, 0.05) is 13.1 Å². The van der Waals surface area contributed by atoms with Gasteiger partial charge in [-0.05, 0) is 37.0 Å². The van der Waals surface area contributed by atoms with Crippen molar-refractivity contribution in [2.75, 3.05) is 13.1 Å². The van der Waals surface area contributed by atoms with E-state index in [1.807, 2.05) is 49.4 Å². The molecule has 1 fully saturated rings. The average molecular weight is 340 g/mol. The average Bonchev–Trinajstić information content (AvgIpc) is 3.07. The van der Waals surface area contributed by atoms with Crippen LogP contribution in [-0.2, 0) is 10.0 Å². The molecule has 0 aromatic heterocycles. The molecule has 1 aliphatic rings. The summed E-state index contributed by atoms with van der Waals surface area (Å²) in [6.45, 7) is 2.79. The summed E-state index contributed by atoms with van der Waals surface area (Å²) in [5.74, 6) is -0.248. The summed E-state index contributed by atoms with van der Waals surface area (Å²) in [6, 6.07) is 18.9. The van der Waals surface area contributed by atoms with E-state index in [0.29, 0.717) is 24.4 Å². The second-order valence-electron chi connectivity index (χ2n) is 6.24. The van der Waals surface area contributed by atoms with Crippen molar-refractivity contribution in [1.29, 1.82) is 5.26 Å². The zero-order valence-corrected chi connectivity index (χ0v) is 14.4. The van der Waals surface area contributed by atoms with Gasteiger partial charge in [0.25, 0.3) is 0 Å². The summed E-state index contributed by atoms with van der Waals surface area (Å²) in [5.41, 5.74) is 1.99. The van der Waals surface area contributed by atoms with Crippen LogP contribution in [0, 0.1) is 24.2 Å². The molecule has 1 heterocycles. The van der Waals surface area contributed by atoms with Crippen LogP contribution in [-0.4, -0.2) is 25.8 Å². The van der Waals surface area contributed by atoms with Gasteiger partial charge in [-0.2, -0.15) is 9.57 Å². The molecule has 1 aliphatic heterocycles. The Morgan fingerprint density at radius 3 is 2.42 bits per heavy atom. The standard InChI is InChI=1S/C19H20N2O2S/c1-15-7-9-18(10-8-15)24(22,23)21-12-11-17(14-21)19(13-20)16-5-3-2-4-6-16/h2-10,17,19H,11-12,14H2,1H3. The maximum atomic E-state index is 12.8. The van der Waals surface area contributed by atoms with Crippen molar-refractivity contribution < 1.29 is 8.42 Å². The van der Waals surface area contributed by atoms with Gasteiger partial charge in [-0.3, -0.25) is 0 Å². The zero-order chi connectivity index (χ0) is 17.2. The van der Waals surface area contributed by atoms with Crippen LogP contribution in [0.3, 0.4) is 0 Å². The number of nitriles is 1. The second kappa shape index (κ2) is 6.76. The monoisotopic (exact) mass is 340 g/mol. The molecule has 0 saturated carbocycles. The number of benzene rings is 2. The van der Waals surface area contributed by atoms with Gasteiger partial charge in [0.1, 0.15) is 0 Å². The van der Waals surface area contributed by atoms with Crippen LogP contribution in [0.2, 0.25) is 0 Å². The number of rotatable bonds is 4. The molecule has 2 aromatic carbocycles. The van der Waals surface area contributed by atoms with E-state index in [9.17, 15) is 13.7 Å². The topological polar surface area (TPSA) is 61.2 Å². The Balaban J connectivity index is 1.80. The van der Waals surface area contributed by atoms with Crippen molar-refractivity contribution in [3.05, 3.63) is 65.7 Å². The van der Waals surface area contributed by atoms with E-state index in [-0.39, 0.29) is 11.8 Å². The molecule has 5 heteroatoms. The van der Waals surface area contributed by atoms with Gasteiger partial charge in [-0.25, -0.2) is 8.42 Å². The quantitative estimate of drug-likeness (QED) is 0.858. The zero-order valence-electron chi connectivity index (χ0n) is 13.6. The summed E-state index contributed by atoms with van der Waals surface area (Å²) in [7, 11) is -3.49. The predicted octanol–water partition coefficient (Wildman–Crippen LogP) is 3.31. The molecule has 24 heavy (non-hydrogen) atoms. The summed E-state index contributed by atoms with van der Waals surface area (Å²) in [5, 5.41) is 9.56. The van der Waals surface area contributed by atoms with Gasteiger partial charge < -0.3 is 0 Å². The highest BCUT2D eigenvalue weighted by Crippen LogP contribution is 2.34. The largest absolute Gasteiger partial charge is 0.243 e. The fraction of sp³-hybridized carbons (Fsp3) is 0.316. The first-order chi connectivity index (χ1) is 11.5. The lowest BCUT2D eigenvalue weighted by atomic mass is 9.87. The molecule has 2 atom stereocenters. The van der Waals surface area contributed by atoms with Crippen molar-refractivity contribution >= 4 is 10.0 Å². The lowest BCUT2D eigenvalue weighted by Gasteiger charge is -2.19. The van der Waals surface area contributed by atoms with E-state index in [1.54, 1.807) is 12.1 Å². The van der Waals surface area contributed by atoms with Crippen molar-refractivity contribution in [3.63, 3.8) is 0 Å². The third kappa shape index (κ3) is 3.21. The lowest BCUT2D eigenvalue weighted by molar-refractivity contribution is 0.445. The van der Waals surface area contributed by atoms with E-state index in [1.165, 1.54) is 4.31 Å². The second-order valence-corrected chi connectivity index (χ2v) is 8.18. The Bertz CT molecular complexity index is 839. The van der Waals surface area contributed by atoms with Crippen molar-refractivity contribution in [1.82, 2.24) is 4.31 Å². The van der Waals surface area contributed by atoms with Gasteiger partial charge in [0.15, 0.2) is 0 Å². The van der Waals surface area contributed by atoms with E-state index < -0.39 is 10.0 Å². The minimum atomic E-state index is -3.49. The van der Waals surface area contributed by atoms with Crippen LogP contribution in [0.25, 0.3) is 0 Å². The normalized spacial score (nSPS) is 19.8. The molecule has 2 aromatic rings. The van der Waals surface area contributed by atoms with Crippen LogP contribution in [0.4, 0.5) is 0 Å². The van der Waals surface area contributed by atoms with Crippen LogP contribution < -0.4 is 0 Å². The molecule has 2 unspecified atom stereocenters. The minimum Gasteiger partial charge on any atom is -0.207 e. The first-order valence-electron chi connectivity index (χ1n) is 8.04. The molecule has 0 bridgehead atoms. The molecule has 0 spiro atoms. The SMILES string of the molecule is Cc1ccc(S(=O)(=O)N2CCC(C(C#N)c3ccccc3)C2)cc1. The fourth-order valence-electron chi connectivity index (χ4n) is 3.22. The maximum Gasteiger partial charge on any atom is 0.243 e. The Hall–Kier alpha value is -2.16. The highest BCUT2D eigenvalue weighted by atomic mass is 32.2. The molecule has 4 nitrogen and oxygen atoms in total. The van der Waals surface area contributed by atoms with Crippen LogP contribution in [0.1, 0.15) is 23.5 Å². The Kier molecular flexibility index (Phi) is 4.70. The number of hydrogen-bond acceptors (Lipinski definition) is 3. The number of sulfonamides is 1. The van der Waals surface area contributed by atoms with Crippen molar-refractivity contribution in [3.8, 4) is 6.07 Å². The molecule has 124 valence electrons. The maximum absolute atomic E-state index is 12.8. The Morgan fingerprint density at radius 1 is 1.12 bits per heavy atom. The Morgan fingerprint density at radius 2 is 1.79 bits per heavy atom. The smallest absolute Gasteiger partial charge is 0.207 e. The predicted molar refractivity (Wildman–Crippen MR) is 92.8 cm³/mol. The van der Waals surface area contributed by atoms with Crippen LogP contribution in [0.5, 0.6) is 0 Å². The van der Waals surface area contributed by atoms with E-state index in [4.69, 9.17) is 0 Å². The van der Waals surface area contributed by atoms with Crippen LogP contribution >= 0.6 is 0 Å². The molecule has 0 radical (unpaired) electrons.